The molecule has 0 aromatic heterocycles. The molecule has 0 spiro atoms. The van der Waals surface area contributed by atoms with Crippen LogP contribution in [0.15, 0.2) is 35.3 Å². The van der Waals surface area contributed by atoms with E-state index in [2.05, 4.69) is 15.6 Å². The predicted molar refractivity (Wildman–Crippen MR) is 110 cm³/mol. The summed E-state index contributed by atoms with van der Waals surface area (Å²) < 4.78 is 41.9. The lowest BCUT2D eigenvalue weighted by atomic mass is 10.1. The number of hydrogen-bond acceptors (Lipinski definition) is 2. The van der Waals surface area contributed by atoms with E-state index in [0.717, 1.165) is 12.0 Å². The van der Waals surface area contributed by atoms with E-state index in [1.54, 1.807) is 7.05 Å². The minimum Gasteiger partial charge on any atom is -0.374 e. The summed E-state index contributed by atoms with van der Waals surface area (Å²) in [6, 6.07) is 10.0. The summed E-state index contributed by atoms with van der Waals surface area (Å²) in [6.45, 7) is 3.79. The Labute approximate surface area is 171 Å². The largest absolute Gasteiger partial charge is 0.389 e. The Morgan fingerprint density at radius 2 is 1.69 bits per heavy atom. The minimum absolute atomic E-state index is 0. The van der Waals surface area contributed by atoms with E-state index in [-0.39, 0.29) is 36.5 Å². The molecule has 0 aliphatic carbocycles. The first-order chi connectivity index (χ1) is 11.9. The molecule has 2 N–H and O–H groups in total. The fourth-order valence-electron chi connectivity index (χ4n) is 2.24. The van der Waals surface area contributed by atoms with Crippen LogP contribution in [0.3, 0.4) is 0 Å². The van der Waals surface area contributed by atoms with Gasteiger partial charge in [-0.3, -0.25) is 4.99 Å². The fraction of sp³-hybridized carbons (Fsp3) is 0.611. The summed E-state index contributed by atoms with van der Waals surface area (Å²) in [5, 5.41) is 6.14. The highest BCUT2D eigenvalue weighted by molar-refractivity contribution is 14.0. The third-order valence-corrected chi connectivity index (χ3v) is 3.65. The van der Waals surface area contributed by atoms with Crippen molar-refractivity contribution in [2.45, 2.75) is 44.9 Å². The van der Waals surface area contributed by atoms with Crippen molar-refractivity contribution in [3.63, 3.8) is 0 Å². The van der Waals surface area contributed by atoms with Gasteiger partial charge in [-0.1, -0.05) is 30.3 Å². The molecule has 0 bridgehead atoms. The summed E-state index contributed by atoms with van der Waals surface area (Å²) in [5.41, 5.74) is 1.15. The molecule has 0 amide bonds. The lowest BCUT2D eigenvalue weighted by Gasteiger charge is -2.15. The maximum absolute atomic E-state index is 12.0. The lowest BCUT2D eigenvalue weighted by molar-refractivity contribution is -0.135. The van der Waals surface area contributed by atoms with Gasteiger partial charge in [0, 0.05) is 33.2 Å². The van der Waals surface area contributed by atoms with Crippen molar-refractivity contribution < 1.29 is 17.9 Å². The maximum Gasteiger partial charge on any atom is 0.389 e. The van der Waals surface area contributed by atoms with Gasteiger partial charge >= 0.3 is 6.18 Å². The molecular weight excluding hydrogens is 458 g/mol. The molecule has 0 radical (unpaired) electrons. The number of aliphatic imine (C=N–C) groups is 1. The standard InChI is InChI=1S/C18H28F3N3O.HI/c1-15(16-9-4-3-5-10-16)25-14-8-13-24-17(22-2)23-12-7-6-11-18(19,20)21;/h3-5,9-10,15H,6-8,11-14H2,1-2H3,(H2,22,23,24);1H. The van der Waals surface area contributed by atoms with Gasteiger partial charge in [0.2, 0.25) is 0 Å². The molecular formula is C18H29F3IN3O. The molecule has 1 rings (SSSR count). The topological polar surface area (TPSA) is 45.7 Å². The first-order valence-electron chi connectivity index (χ1n) is 8.60. The normalized spacial score (nSPS) is 13.0. The molecule has 1 aromatic carbocycles. The van der Waals surface area contributed by atoms with Gasteiger partial charge in [0.25, 0.3) is 0 Å². The van der Waals surface area contributed by atoms with Gasteiger partial charge in [-0.15, -0.1) is 24.0 Å². The highest BCUT2D eigenvalue weighted by atomic mass is 127. The quantitative estimate of drug-likeness (QED) is 0.218. The Morgan fingerprint density at radius 1 is 1.08 bits per heavy atom. The molecule has 1 unspecified atom stereocenters. The molecule has 1 aromatic rings. The van der Waals surface area contributed by atoms with E-state index >= 15 is 0 Å². The Bertz CT molecular complexity index is 498. The second-order valence-electron chi connectivity index (χ2n) is 5.78. The maximum atomic E-state index is 12.0. The molecule has 4 nitrogen and oxygen atoms in total. The minimum atomic E-state index is -4.07. The van der Waals surface area contributed by atoms with Crippen LogP contribution >= 0.6 is 24.0 Å². The van der Waals surface area contributed by atoms with E-state index in [0.29, 0.717) is 32.1 Å². The van der Waals surface area contributed by atoms with Crippen molar-refractivity contribution in [3.05, 3.63) is 35.9 Å². The number of guanidine groups is 1. The predicted octanol–water partition coefficient (Wildman–Crippen LogP) is 4.67. The number of nitrogens with zero attached hydrogens (tertiary/aromatic N) is 1. The zero-order valence-electron chi connectivity index (χ0n) is 15.3. The van der Waals surface area contributed by atoms with Crippen LogP contribution in [0, 0.1) is 0 Å². The van der Waals surface area contributed by atoms with E-state index in [4.69, 9.17) is 4.74 Å². The van der Waals surface area contributed by atoms with E-state index in [1.807, 2.05) is 37.3 Å². The van der Waals surface area contributed by atoms with E-state index in [9.17, 15) is 13.2 Å². The molecule has 150 valence electrons. The second kappa shape index (κ2) is 14.1. The Hall–Kier alpha value is -1.03. The number of alkyl halides is 3. The van der Waals surface area contributed by atoms with Crippen LogP contribution in [-0.2, 0) is 4.74 Å². The fourth-order valence-corrected chi connectivity index (χ4v) is 2.24. The molecule has 0 fully saturated rings. The molecule has 0 aliphatic heterocycles. The van der Waals surface area contributed by atoms with Crippen molar-refractivity contribution in [2.24, 2.45) is 4.99 Å². The molecule has 0 heterocycles. The van der Waals surface area contributed by atoms with Crippen molar-refractivity contribution in [2.75, 3.05) is 26.7 Å². The highest BCUT2D eigenvalue weighted by Crippen LogP contribution is 2.21. The molecule has 1 atom stereocenters. The van der Waals surface area contributed by atoms with Crippen LogP contribution < -0.4 is 10.6 Å². The monoisotopic (exact) mass is 487 g/mol. The van der Waals surface area contributed by atoms with Crippen molar-refractivity contribution in [3.8, 4) is 0 Å². The van der Waals surface area contributed by atoms with Crippen molar-refractivity contribution in [1.29, 1.82) is 0 Å². The number of unbranched alkanes of at least 4 members (excludes halogenated alkanes) is 1. The van der Waals surface area contributed by atoms with E-state index in [1.165, 1.54) is 0 Å². The van der Waals surface area contributed by atoms with Gasteiger partial charge in [-0.25, -0.2) is 0 Å². The average molecular weight is 487 g/mol. The number of nitrogens with one attached hydrogen (secondary N) is 2. The number of halogens is 4. The number of benzene rings is 1. The van der Waals surface area contributed by atoms with Crippen LogP contribution in [-0.4, -0.2) is 38.9 Å². The molecule has 8 heteroatoms. The molecule has 26 heavy (non-hydrogen) atoms. The Balaban J connectivity index is 0.00000625. The zero-order chi connectivity index (χ0) is 18.5. The summed E-state index contributed by atoms with van der Waals surface area (Å²) in [6.07, 6.45) is -3.37. The molecule has 0 saturated carbocycles. The van der Waals surface area contributed by atoms with E-state index < -0.39 is 12.6 Å². The van der Waals surface area contributed by atoms with Crippen LogP contribution in [0.4, 0.5) is 13.2 Å². The van der Waals surface area contributed by atoms with Gasteiger partial charge in [0.05, 0.1) is 6.10 Å². The van der Waals surface area contributed by atoms with Gasteiger partial charge < -0.3 is 15.4 Å². The average Bonchev–Trinajstić information content (AvgIpc) is 2.59. The zero-order valence-corrected chi connectivity index (χ0v) is 17.6. The highest BCUT2D eigenvalue weighted by Gasteiger charge is 2.25. The summed E-state index contributed by atoms with van der Waals surface area (Å²) >= 11 is 0. The van der Waals surface area contributed by atoms with Gasteiger partial charge in [0.15, 0.2) is 5.96 Å². The molecule has 0 saturated heterocycles. The Morgan fingerprint density at radius 3 is 2.27 bits per heavy atom. The van der Waals surface area contributed by atoms with Gasteiger partial charge in [0.1, 0.15) is 0 Å². The molecule has 0 aliphatic rings. The number of ether oxygens (including phenoxy) is 1. The van der Waals surface area contributed by atoms with Crippen LogP contribution in [0.1, 0.15) is 44.3 Å². The van der Waals surface area contributed by atoms with Gasteiger partial charge in [-0.2, -0.15) is 13.2 Å². The smallest absolute Gasteiger partial charge is 0.374 e. The first kappa shape index (κ1) is 25.0. The third kappa shape index (κ3) is 12.3. The van der Waals surface area contributed by atoms with Gasteiger partial charge in [-0.05, 0) is 31.7 Å². The summed E-state index contributed by atoms with van der Waals surface area (Å²) in [7, 11) is 1.64. The first-order valence-corrected chi connectivity index (χ1v) is 8.60. The van der Waals surface area contributed by atoms with Crippen molar-refractivity contribution in [1.82, 2.24) is 10.6 Å². The Kier molecular flexibility index (Phi) is 13.5. The van der Waals surface area contributed by atoms with Crippen LogP contribution in [0.5, 0.6) is 0 Å². The number of rotatable bonds is 10. The van der Waals surface area contributed by atoms with Crippen LogP contribution in [0.2, 0.25) is 0 Å². The van der Waals surface area contributed by atoms with Crippen molar-refractivity contribution >= 4 is 29.9 Å². The lowest BCUT2D eigenvalue weighted by Crippen LogP contribution is -2.38. The number of hydrogen-bond donors (Lipinski definition) is 2. The third-order valence-electron chi connectivity index (χ3n) is 3.65. The summed E-state index contributed by atoms with van der Waals surface area (Å²) in [5.74, 6) is 0.600. The second-order valence-corrected chi connectivity index (χ2v) is 5.78. The summed E-state index contributed by atoms with van der Waals surface area (Å²) in [4.78, 5) is 4.05. The SMILES string of the molecule is CN=C(NCCCCC(F)(F)F)NCCCOC(C)c1ccccc1.I. The van der Waals surface area contributed by atoms with Crippen LogP contribution in [0.25, 0.3) is 0 Å².